The molecule has 0 atom stereocenters. The molecule has 0 spiro atoms. The Morgan fingerprint density at radius 2 is 1.00 bits per heavy atom. The number of hydrogen-bond acceptors (Lipinski definition) is 1. The third-order valence-corrected chi connectivity index (χ3v) is 11.2. The van der Waals surface area contributed by atoms with Crippen LogP contribution in [-0.4, -0.2) is 4.57 Å². The second-order valence-corrected chi connectivity index (χ2v) is 14.8. The van der Waals surface area contributed by atoms with Gasteiger partial charge in [0.25, 0.3) is 0 Å². The average molecular weight is 703 g/mol. The maximum Gasteiger partial charge on any atom is 0.0588 e. The topological polar surface area (TPSA) is 8.17 Å². The molecule has 0 fully saturated rings. The fourth-order valence-corrected chi connectivity index (χ4v) is 8.56. The van der Waals surface area contributed by atoms with Crippen LogP contribution >= 0.6 is 0 Å². The van der Waals surface area contributed by atoms with E-state index >= 15 is 0 Å². The summed E-state index contributed by atoms with van der Waals surface area (Å²) in [4.78, 5) is 2.29. The van der Waals surface area contributed by atoms with E-state index in [9.17, 15) is 0 Å². The molecule has 10 rings (SSSR count). The molecule has 0 amide bonds. The standard InChI is InChI=1S/C53H38N2/c1-53(2)49-36-38(26-33-45(49)47-34-35-48-46-20-12-13-21-50(46)55(52(48)51(47)53)42-18-10-5-11-19-42)23-22-37-24-29-43(30-25-37)54(41-16-8-4-9-17-41)44-31-27-40(28-32-44)39-14-6-3-7-15-39/h3-21,24-36H,1-2H3. The van der Waals surface area contributed by atoms with Gasteiger partial charge in [-0.25, -0.2) is 0 Å². The van der Waals surface area contributed by atoms with Gasteiger partial charge in [-0.05, 0) is 112 Å². The lowest BCUT2D eigenvalue weighted by molar-refractivity contribution is 0.663. The number of hydrogen-bond donors (Lipinski definition) is 0. The maximum absolute atomic E-state index is 3.52. The number of aromatic nitrogens is 1. The van der Waals surface area contributed by atoms with Crippen molar-refractivity contribution in [2.24, 2.45) is 0 Å². The summed E-state index contributed by atoms with van der Waals surface area (Å²) >= 11 is 0. The van der Waals surface area contributed by atoms with Gasteiger partial charge >= 0.3 is 0 Å². The predicted molar refractivity (Wildman–Crippen MR) is 231 cm³/mol. The molecule has 1 aliphatic rings. The first-order valence-corrected chi connectivity index (χ1v) is 18.9. The minimum absolute atomic E-state index is 0.218. The fraction of sp³-hybridized carbons (Fsp3) is 0.0566. The van der Waals surface area contributed by atoms with Gasteiger partial charge in [-0.15, -0.1) is 0 Å². The highest BCUT2D eigenvalue weighted by atomic mass is 15.1. The molecule has 1 heterocycles. The molecule has 0 bridgehead atoms. The van der Waals surface area contributed by atoms with Gasteiger partial charge in [-0.1, -0.05) is 141 Å². The van der Waals surface area contributed by atoms with Crippen LogP contribution in [0.1, 0.15) is 36.1 Å². The molecule has 1 aliphatic carbocycles. The van der Waals surface area contributed by atoms with Crippen LogP contribution in [0.2, 0.25) is 0 Å². The van der Waals surface area contributed by atoms with E-state index in [1.807, 2.05) is 0 Å². The molecule has 0 radical (unpaired) electrons. The van der Waals surface area contributed by atoms with Gasteiger partial charge in [-0.3, -0.25) is 0 Å². The van der Waals surface area contributed by atoms with Gasteiger partial charge in [0.1, 0.15) is 0 Å². The highest BCUT2D eigenvalue weighted by molar-refractivity contribution is 6.13. The highest BCUT2D eigenvalue weighted by Gasteiger charge is 2.38. The maximum atomic E-state index is 3.52. The van der Waals surface area contributed by atoms with Crippen molar-refractivity contribution >= 4 is 38.9 Å². The summed E-state index contributed by atoms with van der Waals surface area (Å²) in [6.07, 6.45) is 0. The van der Waals surface area contributed by atoms with Crippen molar-refractivity contribution in [1.29, 1.82) is 0 Å². The molecule has 9 aromatic rings. The van der Waals surface area contributed by atoms with Crippen LogP contribution in [-0.2, 0) is 5.41 Å². The molecule has 2 heteroatoms. The second kappa shape index (κ2) is 13.1. The molecule has 8 aromatic carbocycles. The van der Waals surface area contributed by atoms with Crippen molar-refractivity contribution in [2.45, 2.75) is 19.3 Å². The molecule has 55 heavy (non-hydrogen) atoms. The van der Waals surface area contributed by atoms with Gasteiger partial charge in [0.15, 0.2) is 0 Å². The molecule has 0 aliphatic heterocycles. The molecule has 0 N–H and O–H groups in total. The van der Waals surface area contributed by atoms with Gasteiger partial charge < -0.3 is 9.47 Å². The molecule has 1 aromatic heterocycles. The van der Waals surface area contributed by atoms with Gasteiger partial charge in [0, 0.05) is 50.1 Å². The lowest BCUT2D eigenvalue weighted by atomic mass is 9.81. The normalized spacial score (nSPS) is 12.5. The summed E-state index contributed by atoms with van der Waals surface area (Å²) in [5.74, 6) is 6.99. The lowest BCUT2D eigenvalue weighted by Gasteiger charge is -2.25. The Bertz CT molecular complexity index is 2910. The first-order chi connectivity index (χ1) is 27.0. The third kappa shape index (κ3) is 5.52. The SMILES string of the molecule is CC1(C)c2cc(C#Cc3ccc(N(c4ccccc4)c4ccc(-c5ccccc5)cc4)cc3)ccc2-c2ccc3c4ccccc4n(-c4ccccc4)c3c21. The van der Waals surface area contributed by atoms with Crippen LogP contribution in [0.4, 0.5) is 17.1 Å². The number of para-hydroxylation sites is 3. The minimum atomic E-state index is -0.218. The van der Waals surface area contributed by atoms with Gasteiger partial charge in [-0.2, -0.15) is 0 Å². The van der Waals surface area contributed by atoms with E-state index in [1.54, 1.807) is 0 Å². The van der Waals surface area contributed by atoms with E-state index in [1.165, 1.54) is 60.9 Å². The van der Waals surface area contributed by atoms with Crippen LogP contribution in [0, 0.1) is 11.8 Å². The van der Waals surface area contributed by atoms with E-state index in [2.05, 4.69) is 229 Å². The first kappa shape index (κ1) is 32.6. The van der Waals surface area contributed by atoms with E-state index in [0.717, 1.165) is 28.2 Å². The van der Waals surface area contributed by atoms with Crippen LogP contribution in [0.25, 0.3) is 49.7 Å². The zero-order valence-electron chi connectivity index (χ0n) is 30.9. The Morgan fingerprint density at radius 1 is 0.455 bits per heavy atom. The molecule has 2 nitrogen and oxygen atoms in total. The van der Waals surface area contributed by atoms with Gasteiger partial charge in [0.2, 0.25) is 0 Å². The Hall–Kier alpha value is -7.08. The zero-order chi connectivity index (χ0) is 36.9. The fourth-order valence-electron chi connectivity index (χ4n) is 8.56. The van der Waals surface area contributed by atoms with E-state index < -0.39 is 0 Å². The summed E-state index contributed by atoms with van der Waals surface area (Å²) in [6, 6.07) is 69.4. The van der Waals surface area contributed by atoms with E-state index in [0.29, 0.717) is 0 Å². The molecular formula is C53H38N2. The summed E-state index contributed by atoms with van der Waals surface area (Å²) in [7, 11) is 0. The van der Waals surface area contributed by atoms with Crippen molar-refractivity contribution in [1.82, 2.24) is 4.57 Å². The summed E-state index contributed by atoms with van der Waals surface area (Å²) in [5.41, 5.74) is 16.5. The number of nitrogens with zero attached hydrogens (tertiary/aromatic N) is 2. The minimum Gasteiger partial charge on any atom is -0.311 e. The number of benzene rings is 8. The van der Waals surface area contributed by atoms with Crippen LogP contribution < -0.4 is 4.90 Å². The van der Waals surface area contributed by atoms with E-state index in [4.69, 9.17) is 0 Å². The second-order valence-electron chi connectivity index (χ2n) is 14.8. The summed E-state index contributed by atoms with van der Waals surface area (Å²) < 4.78 is 2.46. The van der Waals surface area contributed by atoms with Crippen molar-refractivity contribution in [2.75, 3.05) is 4.90 Å². The monoisotopic (exact) mass is 702 g/mol. The van der Waals surface area contributed by atoms with E-state index in [-0.39, 0.29) is 5.41 Å². The number of anilines is 3. The molecule has 0 saturated heterocycles. The number of rotatable bonds is 5. The highest BCUT2D eigenvalue weighted by Crippen LogP contribution is 2.53. The Morgan fingerprint density at radius 3 is 1.73 bits per heavy atom. The molecule has 0 unspecified atom stereocenters. The van der Waals surface area contributed by atoms with Crippen LogP contribution in [0.15, 0.2) is 194 Å². The molecule has 0 saturated carbocycles. The first-order valence-electron chi connectivity index (χ1n) is 18.9. The molecule has 260 valence electrons. The third-order valence-electron chi connectivity index (χ3n) is 11.2. The van der Waals surface area contributed by atoms with Crippen LogP contribution in [0.3, 0.4) is 0 Å². The van der Waals surface area contributed by atoms with Gasteiger partial charge in [0.05, 0.1) is 11.0 Å². The van der Waals surface area contributed by atoms with Crippen molar-refractivity contribution < 1.29 is 0 Å². The average Bonchev–Trinajstić information content (AvgIpc) is 3.70. The zero-order valence-corrected chi connectivity index (χ0v) is 30.9. The molecular weight excluding hydrogens is 665 g/mol. The van der Waals surface area contributed by atoms with Crippen molar-refractivity contribution in [3.05, 3.63) is 216 Å². The largest absolute Gasteiger partial charge is 0.311 e. The van der Waals surface area contributed by atoms with Crippen LogP contribution in [0.5, 0.6) is 0 Å². The summed E-state index contributed by atoms with van der Waals surface area (Å²) in [6.45, 7) is 4.74. The Balaban J connectivity index is 0.985. The van der Waals surface area contributed by atoms with Crippen molar-refractivity contribution in [3.63, 3.8) is 0 Å². The Labute approximate surface area is 322 Å². The summed E-state index contributed by atoms with van der Waals surface area (Å²) in [5, 5.41) is 2.57. The smallest absolute Gasteiger partial charge is 0.0588 e. The number of fused-ring (bicyclic) bond motifs is 7. The van der Waals surface area contributed by atoms with Crippen molar-refractivity contribution in [3.8, 4) is 39.8 Å². The quantitative estimate of drug-likeness (QED) is 0.162. The Kier molecular flexibility index (Phi) is 7.75. The predicted octanol–water partition coefficient (Wildman–Crippen LogP) is 13.6. The lowest BCUT2D eigenvalue weighted by Crippen LogP contribution is -2.16.